The molecule has 1 fully saturated rings. The highest BCUT2D eigenvalue weighted by atomic mass is 16.5. The van der Waals surface area contributed by atoms with Gasteiger partial charge in [0.25, 0.3) is 0 Å². The molecule has 3 unspecified atom stereocenters. The summed E-state index contributed by atoms with van der Waals surface area (Å²) in [5, 5.41) is 13.9. The largest absolute Gasteiger partial charge is 0.466 e. The fourth-order valence-corrected chi connectivity index (χ4v) is 3.16. The third-order valence-electron chi connectivity index (χ3n) is 4.43. The molecule has 0 aliphatic carbocycles. The highest BCUT2D eigenvalue weighted by molar-refractivity contribution is 5.83. The monoisotopic (exact) mass is 334 g/mol. The van der Waals surface area contributed by atoms with Crippen LogP contribution in [0.3, 0.4) is 0 Å². The number of aliphatic hydroxyl groups is 1. The van der Waals surface area contributed by atoms with E-state index in [1.54, 1.807) is 6.92 Å². The molecule has 132 valence electrons. The number of benzene rings is 1. The zero-order valence-corrected chi connectivity index (χ0v) is 14.5. The first kappa shape index (κ1) is 18.3. The van der Waals surface area contributed by atoms with E-state index in [4.69, 9.17) is 4.74 Å². The van der Waals surface area contributed by atoms with Crippen molar-refractivity contribution in [1.29, 1.82) is 0 Å². The summed E-state index contributed by atoms with van der Waals surface area (Å²) in [5.74, 6) is -1.42. The molecule has 1 aliphatic heterocycles. The lowest BCUT2D eigenvalue weighted by Crippen LogP contribution is -2.67. The molecule has 2 N–H and O–H groups in total. The maximum absolute atomic E-state index is 12.6. The van der Waals surface area contributed by atoms with Crippen molar-refractivity contribution >= 4 is 12.0 Å². The van der Waals surface area contributed by atoms with E-state index in [-0.39, 0.29) is 12.6 Å². The number of hydrogen-bond acceptors (Lipinski definition) is 4. The van der Waals surface area contributed by atoms with E-state index < -0.39 is 23.7 Å². The first-order valence-electron chi connectivity index (χ1n) is 8.45. The van der Waals surface area contributed by atoms with Crippen LogP contribution in [0.15, 0.2) is 30.3 Å². The predicted octanol–water partition coefficient (Wildman–Crippen LogP) is 2.44. The summed E-state index contributed by atoms with van der Waals surface area (Å²) < 4.78 is 5.18. The topological polar surface area (TPSA) is 78.9 Å². The van der Waals surface area contributed by atoms with Crippen LogP contribution in [0.1, 0.15) is 45.2 Å². The summed E-state index contributed by atoms with van der Waals surface area (Å²) in [6, 6.07) is 8.18. The van der Waals surface area contributed by atoms with Gasteiger partial charge in [-0.1, -0.05) is 43.7 Å². The Hall–Kier alpha value is -2.08. The Bertz CT molecular complexity index is 574. The van der Waals surface area contributed by atoms with E-state index in [0.717, 1.165) is 18.4 Å². The van der Waals surface area contributed by atoms with Crippen molar-refractivity contribution in [2.45, 2.75) is 45.4 Å². The second-order valence-electron chi connectivity index (χ2n) is 6.17. The molecular formula is C18H26N2O4. The van der Waals surface area contributed by atoms with Crippen LogP contribution in [-0.2, 0) is 9.53 Å². The second-order valence-corrected chi connectivity index (χ2v) is 6.17. The maximum atomic E-state index is 12.6. The third-order valence-corrected chi connectivity index (χ3v) is 4.43. The van der Waals surface area contributed by atoms with Crippen molar-refractivity contribution in [3.63, 3.8) is 0 Å². The van der Waals surface area contributed by atoms with Crippen LogP contribution in [0.2, 0.25) is 0 Å². The minimum absolute atomic E-state index is 0.218. The molecule has 0 saturated carbocycles. The lowest BCUT2D eigenvalue weighted by molar-refractivity contribution is -0.180. The van der Waals surface area contributed by atoms with Crippen LogP contribution in [0.4, 0.5) is 4.79 Å². The normalized spacial score (nSPS) is 26.8. The number of nitrogens with one attached hydrogen (secondary N) is 1. The Balaban J connectivity index is 2.41. The number of unbranched alkanes of at least 4 members (excludes halogenated alkanes) is 1. The number of esters is 1. The molecule has 0 aromatic heterocycles. The van der Waals surface area contributed by atoms with E-state index in [0.29, 0.717) is 6.54 Å². The van der Waals surface area contributed by atoms with Crippen LogP contribution in [-0.4, -0.2) is 40.9 Å². The summed E-state index contributed by atoms with van der Waals surface area (Å²) in [6.45, 7) is 5.84. The van der Waals surface area contributed by atoms with E-state index in [2.05, 4.69) is 5.32 Å². The van der Waals surface area contributed by atoms with E-state index in [1.165, 1.54) is 11.8 Å². The van der Waals surface area contributed by atoms with Crippen molar-refractivity contribution in [2.75, 3.05) is 13.2 Å². The van der Waals surface area contributed by atoms with Crippen molar-refractivity contribution < 1.29 is 19.4 Å². The number of ether oxygens (including phenoxy) is 1. The molecule has 0 radical (unpaired) electrons. The summed E-state index contributed by atoms with van der Waals surface area (Å²) in [5.41, 5.74) is -0.858. The average Bonchev–Trinajstić information content (AvgIpc) is 2.54. The molecule has 1 heterocycles. The van der Waals surface area contributed by atoms with Crippen LogP contribution in [0.5, 0.6) is 0 Å². The number of rotatable bonds is 6. The molecule has 1 aliphatic rings. The molecule has 2 amide bonds. The molecule has 1 aromatic carbocycles. The average molecular weight is 334 g/mol. The molecule has 1 saturated heterocycles. The second kappa shape index (κ2) is 7.66. The van der Waals surface area contributed by atoms with Gasteiger partial charge in [-0.2, -0.15) is 0 Å². The van der Waals surface area contributed by atoms with Crippen molar-refractivity contribution in [1.82, 2.24) is 10.2 Å². The smallest absolute Gasteiger partial charge is 0.320 e. The highest BCUT2D eigenvalue weighted by Gasteiger charge is 2.54. The Labute approximate surface area is 142 Å². The van der Waals surface area contributed by atoms with Gasteiger partial charge in [-0.05, 0) is 25.8 Å². The molecular weight excluding hydrogens is 308 g/mol. The number of nitrogens with zero attached hydrogens (tertiary/aromatic N) is 1. The maximum Gasteiger partial charge on any atom is 0.320 e. The Morgan fingerprint density at radius 2 is 2.00 bits per heavy atom. The zero-order chi connectivity index (χ0) is 17.7. The Morgan fingerprint density at radius 3 is 2.58 bits per heavy atom. The molecule has 6 nitrogen and oxygen atoms in total. The van der Waals surface area contributed by atoms with Gasteiger partial charge < -0.3 is 15.2 Å². The Kier molecular flexibility index (Phi) is 5.83. The van der Waals surface area contributed by atoms with Gasteiger partial charge in [0.2, 0.25) is 0 Å². The first-order chi connectivity index (χ1) is 11.4. The Morgan fingerprint density at radius 1 is 1.33 bits per heavy atom. The van der Waals surface area contributed by atoms with Crippen LogP contribution >= 0.6 is 0 Å². The molecule has 0 bridgehead atoms. The van der Waals surface area contributed by atoms with Crippen molar-refractivity contribution in [2.24, 2.45) is 5.92 Å². The van der Waals surface area contributed by atoms with E-state index >= 15 is 0 Å². The summed E-state index contributed by atoms with van der Waals surface area (Å²) in [7, 11) is 0. The van der Waals surface area contributed by atoms with Gasteiger partial charge in [0.15, 0.2) is 5.72 Å². The van der Waals surface area contributed by atoms with Gasteiger partial charge in [-0.15, -0.1) is 0 Å². The molecule has 3 atom stereocenters. The first-order valence-corrected chi connectivity index (χ1v) is 8.45. The van der Waals surface area contributed by atoms with Gasteiger partial charge in [0.05, 0.1) is 12.6 Å². The fraction of sp³-hybridized carbons (Fsp3) is 0.556. The van der Waals surface area contributed by atoms with Crippen molar-refractivity contribution in [3.8, 4) is 0 Å². The predicted molar refractivity (Wildman–Crippen MR) is 90.1 cm³/mol. The van der Waals surface area contributed by atoms with Crippen LogP contribution in [0.25, 0.3) is 0 Å². The quantitative estimate of drug-likeness (QED) is 0.783. The van der Waals surface area contributed by atoms with Gasteiger partial charge in [-0.25, -0.2) is 4.79 Å². The molecule has 6 heteroatoms. The van der Waals surface area contributed by atoms with Gasteiger partial charge >= 0.3 is 12.0 Å². The lowest BCUT2D eigenvalue weighted by atomic mass is 9.82. The number of amides is 2. The van der Waals surface area contributed by atoms with Crippen LogP contribution < -0.4 is 5.32 Å². The van der Waals surface area contributed by atoms with Crippen LogP contribution in [0, 0.1) is 5.92 Å². The number of urea groups is 1. The lowest BCUT2D eigenvalue weighted by Gasteiger charge is -2.48. The molecule has 24 heavy (non-hydrogen) atoms. The van der Waals surface area contributed by atoms with Gasteiger partial charge in [0, 0.05) is 6.54 Å². The summed E-state index contributed by atoms with van der Waals surface area (Å²) >= 11 is 0. The highest BCUT2D eigenvalue weighted by Crippen LogP contribution is 2.38. The third kappa shape index (κ3) is 3.53. The molecule has 2 rings (SSSR count). The standard InChI is InChI=1S/C18H26N2O4/c1-4-6-12-20-17(22)19-15(13-10-8-7-9-11-13)14(18(20,3)23)16(21)24-5-2/h7-11,14-15,23H,4-6,12H2,1-3H3,(H,19,22). The van der Waals surface area contributed by atoms with Crippen molar-refractivity contribution in [3.05, 3.63) is 35.9 Å². The van der Waals surface area contributed by atoms with Gasteiger partial charge in [0.1, 0.15) is 5.92 Å². The summed E-state index contributed by atoms with van der Waals surface area (Å²) in [4.78, 5) is 26.4. The minimum Gasteiger partial charge on any atom is -0.466 e. The SMILES string of the molecule is CCCCN1C(=O)NC(c2ccccc2)C(C(=O)OCC)C1(C)O. The van der Waals surface area contributed by atoms with E-state index in [1.807, 2.05) is 37.3 Å². The van der Waals surface area contributed by atoms with E-state index in [9.17, 15) is 14.7 Å². The molecule has 1 aromatic rings. The van der Waals surface area contributed by atoms with Gasteiger partial charge in [-0.3, -0.25) is 9.69 Å². The minimum atomic E-state index is -1.62. The number of hydrogen-bond donors (Lipinski definition) is 2. The zero-order valence-electron chi connectivity index (χ0n) is 14.5. The molecule has 0 spiro atoms. The number of carbonyl (C=O) groups excluding carboxylic acids is 2. The number of carbonyl (C=O) groups is 2. The fourth-order valence-electron chi connectivity index (χ4n) is 3.16. The summed E-state index contributed by atoms with van der Waals surface area (Å²) in [6.07, 6.45) is 1.63.